The van der Waals surface area contributed by atoms with Crippen molar-refractivity contribution >= 4 is 11.6 Å². The first kappa shape index (κ1) is 12.7. The molecule has 0 aromatic heterocycles. The first-order chi connectivity index (χ1) is 9.22. The highest BCUT2D eigenvalue weighted by Crippen LogP contribution is 2.26. The molecular weight excluding hydrogens is 254 g/mol. The average Bonchev–Trinajstić information content (AvgIpc) is 2.88. The summed E-state index contributed by atoms with van der Waals surface area (Å²) in [5.74, 6) is 0. The number of hydrogen-bond acceptors (Lipinski definition) is 1. The van der Waals surface area contributed by atoms with Gasteiger partial charge in [-0.2, -0.15) is 0 Å². The van der Waals surface area contributed by atoms with Crippen LogP contribution in [0.15, 0.2) is 42.5 Å². The fraction of sp³-hybridized carbons (Fsp3) is 0.294. The third-order valence-corrected chi connectivity index (χ3v) is 4.17. The van der Waals surface area contributed by atoms with E-state index in [9.17, 15) is 0 Å². The molecule has 19 heavy (non-hydrogen) atoms. The molecule has 3 rings (SSSR count). The van der Waals surface area contributed by atoms with Gasteiger partial charge in [0, 0.05) is 11.1 Å². The Balaban J connectivity index is 1.76. The molecule has 1 unspecified atom stereocenters. The lowest BCUT2D eigenvalue weighted by Crippen LogP contribution is -2.13. The molecule has 2 aromatic rings. The fourth-order valence-corrected chi connectivity index (χ4v) is 2.94. The van der Waals surface area contributed by atoms with Gasteiger partial charge in [-0.15, -0.1) is 0 Å². The summed E-state index contributed by atoms with van der Waals surface area (Å²) in [6.45, 7) is 0. The quantitative estimate of drug-likeness (QED) is 0.895. The number of halogens is 1. The van der Waals surface area contributed by atoms with E-state index in [0.29, 0.717) is 0 Å². The molecule has 0 heterocycles. The van der Waals surface area contributed by atoms with Crippen molar-refractivity contribution in [2.24, 2.45) is 5.73 Å². The molecule has 1 atom stereocenters. The van der Waals surface area contributed by atoms with Gasteiger partial charge < -0.3 is 5.73 Å². The van der Waals surface area contributed by atoms with E-state index < -0.39 is 0 Å². The maximum Gasteiger partial charge on any atom is 0.0406 e. The Hall–Kier alpha value is -1.31. The number of benzene rings is 2. The van der Waals surface area contributed by atoms with Gasteiger partial charge in [-0.25, -0.2) is 0 Å². The Morgan fingerprint density at radius 1 is 1.00 bits per heavy atom. The van der Waals surface area contributed by atoms with E-state index in [1.165, 1.54) is 41.5 Å². The van der Waals surface area contributed by atoms with Crippen molar-refractivity contribution in [1.82, 2.24) is 0 Å². The number of rotatable bonds is 3. The summed E-state index contributed by atoms with van der Waals surface area (Å²) in [4.78, 5) is 0. The zero-order valence-corrected chi connectivity index (χ0v) is 11.7. The third-order valence-electron chi connectivity index (χ3n) is 3.92. The molecule has 0 amide bonds. The van der Waals surface area contributed by atoms with Crippen molar-refractivity contribution < 1.29 is 0 Å². The summed E-state index contributed by atoms with van der Waals surface area (Å²) < 4.78 is 0. The van der Waals surface area contributed by atoms with Crippen LogP contribution in [-0.4, -0.2) is 0 Å². The van der Waals surface area contributed by atoms with Crippen molar-refractivity contribution in [2.45, 2.75) is 31.7 Å². The van der Waals surface area contributed by atoms with Crippen LogP contribution < -0.4 is 5.73 Å². The largest absolute Gasteiger partial charge is 0.324 e. The highest BCUT2D eigenvalue weighted by molar-refractivity contribution is 6.30. The average molecular weight is 272 g/mol. The van der Waals surface area contributed by atoms with Crippen LogP contribution in [0.2, 0.25) is 5.02 Å². The first-order valence-electron chi connectivity index (χ1n) is 6.84. The first-order valence-corrected chi connectivity index (χ1v) is 7.22. The molecule has 0 spiro atoms. The van der Waals surface area contributed by atoms with Crippen LogP contribution >= 0.6 is 11.6 Å². The van der Waals surface area contributed by atoms with E-state index in [1.807, 2.05) is 12.1 Å². The zero-order chi connectivity index (χ0) is 13.2. The lowest BCUT2D eigenvalue weighted by molar-refractivity contribution is 0.720. The van der Waals surface area contributed by atoms with Gasteiger partial charge in [0.25, 0.3) is 0 Å². The van der Waals surface area contributed by atoms with E-state index in [0.717, 1.165) is 11.4 Å². The van der Waals surface area contributed by atoms with E-state index in [1.54, 1.807) is 0 Å². The predicted octanol–water partition coefficient (Wildman–Crippen LogP) is 4.07. The second-order valence-corrected chi connectivity index (χ2v) is 5.76. The molecule has 1 aliphatic rings. The summed E-state index contributed by atoms with van der Waals surface area (Å²) in [5, 5.41) is 0.773. The van der Waals surface area contributed by atoms with Gasteiger partial charge in [0.15, 0.2) is 0 Å². The van der Waals surface area contributed by atoms with Crippen LogP contribution in [0, 0.1) is 0 Å². The smallest absolute Gasteiger partial charge is 0.0406 e. The lowest BCUT2D eigenvalue weighted by atomic mass is 9.97. The van der Waals surface area contributed by atoms with Gasteiger partial charge >= 0.3 is 0 Å². The molecule has 0 radical (unpaired) electrons. The van der Waals surface area contributed by atoms with Gasteiger partial charge in [0.05, 0.1) is 0 Å². The van der Waals surface area contributed by atoms with Gasteiger partial charge in [-0.3, -0.25) is 0 Å². The van der Waals surface area contributed by atoms with E-state index in [2.05, 4.69) is 30.3 Å². The van der Waals surface area contributed by atoms with Crippen LogP contribution in [0.25, 0.3) is 0 Å². The van der Waals surface area contributed by atoms with Crippen LogP contribution in [0.4, 0.5) is 0 Å². The van der Waals surface area contributed by atoms with Crippen LogP contribution in [-0.2, 0) is 19.3 Å². The topological polar surface area (TPSA) is 26.0 Å². The minimum atomic E-state index is 0.0621. The Morgan fingerprint density at radius 3 is 2.53 bits per heavy atom. The van der Waals surface area contributed by atoms with E-state index >= 15 is 0 Å². The molecule has 1 aliphatic carbocycles. The SMILES string of the molecule is NC(Cc1ccc(Cl)cc1)c1ccc2c(c1)CCC2. The highest BCUT2D eigenvalue weighted by Gasteiger charge is 2.14. The van der Waals surface area contributed by atoms with Crippen molar-refractivity contribution in [3.05, 3.63) is 69.7 Å². The molecular formula is C17H18ClN. The monoisotopic (exact) mass is 271 g/mol. The Morgan fingerprint density at radius 2 is 1.74 bits per heavy atom. The van der Waals surface area contributed by atoms with Crippen molar-refractivity contribution in [2.75, 3.05) is 0 Å². The molecule has 2 aromatic carbocycles. The summed E-state index contributed by atoms with van der Waals surface area (Å²) in [7, 11) is 0. The van der Waals surface area contributed by atoms with Crippen LogP contribution in [0.3, 0.4) is 0 Å². The molecule has 0 fully saturated rings. The van der Waals surface area contributed by atoms with Crippen molar-refractivity contribution in [1.29, 1.82) is 0 Å². The Labute approximate surface area is 119 Å². The Kier molecular flexibility index (Phi) is 3.58. The molecule has 1 nitrogen and oxygen atoms in total. The second-order valence-electron chi connectivity index (χ2n) is 5.32. The molecule has 0 aliphatic heterocycles. The fourth-order valence-electron chi connectivity index (χ4n) is 2.81. The van der Waals surface area contributed by atoms with Crippen molar-refractivity contribution in [3.8, 4) is 0 Å². The zero-order valence-electron chi connectivity index (χ0n) is 10.9. The standard InChI is InChI=1S/C17H18ClN/c18-16-8-4-12(5-9-16)10-17(19)15-7-6-13-2-1-3-14(13)11-15/h4-9,11,17H,1-3,10,19H2. The summed E-state index contributed by atoms with van der Waals surface area (Å²) in [6.07, 6.45) is 4.57. The van der Waals surface area contributed by atoms with Gasteiger partial charge in [-0.05, 0) is 60.1 Å². The maximum absolute atomic E-state index is 6.33. The lowest BCUT2D eigenvalue weighted by Gasteiger charge is -2.14. The predicted molar refractivity (Wildman–Crippen MR) is 80.6 cm³/mol. The molecule has 0 saturated heterocycles. The number of fused-ring (bicyclic) bond motifs is 1. The molecule has 98 valence electrons. The number of aryl methyl sites for hydroxylation is 2. The highest BCUT2D eigenvalue weighted by atomic mass is 35.5. The van der Waals surface area contributed by atoms with E-state index in [-0.39, 0.29) is 6.04 Å². The summed E-state index contributed by atoms with van der Waals surface area (Å²) in [6, 6.07) is 14.7. The minimum Gasteiger partial charge on any atom is -0.324 e. The molecule has 0 saturated carbocycles. The molecule has 0 bridgehead atoms. The third kappa shape index (κ3) is 2.83. The van der Waals surface area contributed by atoms with Crippen LogP contribution in [0.1, 0.15) is 34.7 Å². The Bertz CT molecular complexity index is 574. The molecule has 2 N–H and O–H groups in total. The van der Waals surface area contributed by atoms with Gasteiger partial charge in [0.2, 0.25) is 0 Å². The second kappa shape index (κ2) is 5.36. The van der Waals surface area contributed by atoms with Gasteiger partial charge in [-0.1, -0.05) is 41.9 Å². The number of hydrogen-bond donors (Lipinski definition) is 1. The van der Waals surface area contributed by atoms with Crippen LogP contribution in [0.5, 0.6) is 0 Å². The van der Waals surface area contributed by atoms with E-state index in [4.69, 9.17) is 17.3 Å². The number of nitrogens with two attached hydrogens (primary N) is 1. The summed E-state index contributed by atoms with van der Waals surface area (Å²) >= 11 is 5.90. The summed E-state index contributed by atoms with van der Waals surface area (Å²) in [5.41, 5.74) is 11.8. The van der Waals surface area contributed by atoms with Gasteiger partial charge in [0.1, 0.15) is 0 Å². The minimum absolute atomic E-state index is 0.0621. The molecule has 2 heteroatoms. The van der Waals surface area contributed by atoms with Crippen molar-refractivity contribution in [3.63, 3.8) is 0 Å². The normalized spacial score (nSPS) is 15.3. The maximum atomic E-state index is 6.33.